The van der Waals surface area contributed by atoms with Gasteiger partial charge in [-0.25, -0.2) is 0 Å². The standard InChI is InChI=1S/C13H27N3O2/c1-5-14-12(13(17)18-4)10-16-8-6-7-11(16)9-15(2)3/h11-12,14H,5-10H2,1-4H3. The van der Waals surface area contributed by atoms with Gasteiger partial charge in [0.05, 0.1) is 7.11 Å². The smallest absolute Gasteiger partial charge is 0.324 e. The molecule has 1 fully saturated rings. The number of hydrogen-bond donors (Lipinski definition) is 1. The first-order valence-electron chi connectivity index (χ1n) is 6.78. The molecule has 1 aliphatic heterocycles. The summed E-state index contributed by atoms with van der Waals surface area (Å²) < 4.78 is 4.85. The van der Waals surface area contributed by atoms with Crippen LogP contribution >= 0.6 is 0 Å². The molecule has 2 unspecified atom stereocenters. The van der Waals surface area contributed by atoms with Crippen LogP contribution in [0.1, 0.15) is 19.8 Å². The van der Waals surface area contributed by atoms with Crippen LogP contribution in [0, 0.1) is 0 Å². The first-order chi connectivity index (χ1) is 8.58. The van der Waals surface area contributed by atoms with Gasteiger partial charge in [-0.3, -0.25) is 9.69 Å². The second kappa shape index (κ2) is 7.71. The Balaban J connectivity index is 2.53. The fraction of sp³-hybridized carbons (Fsp3) is 0.923. The molecule has 1 N–H and O–H groups in total. The van der Waals surface area contributed by atoms with Gasteiger partial charge in [-0.2, -0.15) is 0 Å². The second-order valence-corrected chi connectivity index (χ2v) is 5.19. The van der Waals surface area contributed by atoms with Crippen LogP contribution in [0.3, 0.4) is 0 Å². The molecule has 1 heterocycles. The molecular formula is C13H27N3O2. The maximum Gasteiger partial charge on any atom is 0.324 e. The number of likely N-dealkylation sites (N-methyl/N-ethyl adjacent to an activating group) is 2. The van der Waals surface area contributed by atoms with Gasteiger partial charge >= 0.3 is 5.97 Å². The van der Waals surface area contributed by atoms with Crippen molar-refractivity contribution in [1.29, 1.82) is 0 Å². The molecule has 0 aliphatic carbocycles. The molecule has 1 saturated heterocycles. The zero-order chi connectivity index (χ0) is 13.5. The number of methoxy groups -OCH3 is 1. The van der Waals surface area contributed by atoms with Crippen LogP contribution in [0.5, 0.6) is 0 Å². The van der Waals surface area contributed by atoms with Crippen LogP contribution < -0.4 is 5.32 Å². The Labute approximate surface area is 110 Å². The third kappa shape index (κ3) is 4.55. The minimum absolute atomic E-state index is 0.160. The molecule has 18 heavy (non-hydrogen) atoms. The van der Waals surface area contributed by atoms with E-state index in [4.69, 9.17) is 4.74 Å². The number of rotatable bonds is 7. The summed E-state index contributed by atoms with van der Waals surface area (Å²) >= 11 is 0. The van der Waals surface area contributed by atoms with Crippen molar-refractivity contribution >= 4 is 5.97 Å². The van der Waals surface area contributed by atoms with E-state index in [0.29, 0.717) is 6.04 Å². The Bertz CT molecular complexity index is 259. The summed E-state index contributed by atoms with van der Waals surface area (Å²) in [6, 6.07) is 0.355. The number of carbonyl (C=O) groups excluding carboxylic acids is 1. The monoisotopic (exact) mass is 257 g/mol. The van der Waals surface area contributed by atoms with E-state index in [2.05, 4.69) is 29.2 Å². The molecule has 0 amide bonds. The van der Waals surface area contributed by atoms with Gasteiger partial charge < -0.3 is 15.0 Å². The average Bonchev–Trinajstić information content (AvgIpc) is 2.74. The Hall–Kier alpha value is -0.650. The maximum absolute atomic E-state index is 11.7. The van der Waals surface area contributed by atoms with E-state index in [1.54, 1.807) is 0 Å². The van der Waals surface area contributed by atoms with Crippen molar-refractivity contribution in [2.75, 3.05) is 47.4 Å². The number of likely N-dealkylation sites (tertiary alicyclic amines) is 1. The lowest BCUT2D eigenvalue weighted by molar-refractivity contribution is -0.143. The topological polar surface area (TPSA) is 44.8 Å². The summed E-state index contributed by atoms with van der Waals surface area (Å²) in [7, 11) is 5.64. The highest BCUT2D eigenvalue weighted by Gasteiger charge is 2.29. The van der Waals surface area contributed by atoms with Gasteiger partial charge in [0, 0.05) is 19.1 Å². The summed E-state index contributed by atoms with van der Waals surface area (Å²) in [5.41, 5.74) is 0. The predicted molar refractivity (Wildman–Crippen MR) is 72.6 cm³/mol. The van der Waals surface area contributed by atoms with Crippen molar-refractivity contribution in [2.45, 2.75) is 31.8 Å². The van der Waals surface area contributed by atoms with Gasteiger partial charge in [0.15, 0.2) is 0 Å². The summed E-state index contributed by atoms with van der Waals surface area (Å²) in [6.07, 6.45) is 2.44. The van der Waals surface area contributed by atoms with Gasteiger partial charge in [0.1, 0.15) is 6.04 Å². The lowest BCUT2D eigenvalue weighted by Crippen LogP contribution is -2.49. The van der Waals surface area contributed by atoms with Crippen molar-refractivity contribution in [3.05, 3.63) is 0 Å². The van der Waals surface area contributed by atoms with Gasteiger partial charge in [0.25, 0.3) is 0 Å². The summed E-state index contributed by atoms with van der Waals surface area (Å²) in [5, 5.41) is 3.20. The molecule has 0 aromatic rings. The van der Waals surface area contributed by atoms with Crippen LogP contribution in [0.4, 0.5) is 0 Å². The molecule has 0 aromatic heterocycles. The number of carbonyl (C=O) groups is 1. The largest absolute Gasteiger partial charge is 0.468 e. The summed E-state index contributed by atoms with van der Waals surface area (Å²) in [4.78, 5) is 16.3. The first-order valence-corrected chi connectivity index (χ1v) is 6.78. The first kappa shape index (κ1) is 15.4. The lowest BCUT2D eigenvalue weighted by Gasteiger charge is -2.29. The molecule has 5 nitrogen and oxygen atoms in total. The number of hydrogen-bond acceptors (Lipinski definition) is 5. The highest BCUT2D eigenvalue weighted by Crippen LogP contribution is 2.18. The number of ether oxygens (including phenoxy) is 1. The predicted octanol–water partition coefficient (Wildman–Crippen LogP) is 0.164. The fourth-order valence-electron chi connectivity index (χ4n) is 2.61. The van der Waals surface area contributed by atoms with E-state index in [9.17, 15) is 4.79 Å². The molecular weight excluding hydrogens is 230 g/mol. The molecule has 0 aromatic carbocycles. The van der Waals surface area contributed by atoms with Crippen LogP contribution in [0.15, 0.2) is 0 Å². The molecule has 0 bridgehead atoms. The minimum Gasteiger partial charge on any atom is -0.468 e. The molecule has 0 saturated carbocycles. The zero-order valence-electron chi connectivity index (χ0n) is 12.1. The lowest BCUT2D eigenvalue weighted by atomic mass is 10.2. The Kier molecular flexibility index (Phi) is 6.60. The van der Waals surface area contributed by atoms with Crippen LogP contribution in [0.25, 0.3) is 0 Å². The molecule has 0 spiro atoms. The minimum atomic E-state index is -0.206. The van der Waals surface area contributed by atoms with E-state index >= 15 is 0 Å². The molecule has 1 aliphatic rings. The Morgan fingerprint density at radius 3 is 2.83 bits per heavy atom. The van der Waals surface area contributed by atoms with Gasteiger partial charge in [0.2, 0.25) is 0 Å². The van der Waals surface area contributed by atoms with E-state index in [1.807, 2.05) is 6.92 Å². The molecule has 106 valence electrons. The van der Waals surface area contributed by atoms with Gasteiger partial charge in [-0.05, 0) is 40.0 Å². The third-order valence-electron chi connectivity index (χ3n) is 3.43. The van der Waals surface area contributed by atoms with Crippen molar-refractivity contribution in [3.8, 4) is 0 Å². The SMILES string of the molecule is CCNC(CN1CCCC1CN(C)C)C(=O)OC. The van der Waals surface area contributed by atoms with E-state index < -0.39 is 0 Å². The molecule has 2 atom stereocenters. The van der Waals surface area contributed by atoms with Crippen LogP contribution in [-0.2, 0) is 9.53 Å². The average molecular weight is 257 g/mol. The fourth-order valence-corrected chi connectivity index (χ4v) is 2.61. The van der Waals surface area contributed by atoms with E-state index in [-0.39, 0.29) is 12.0 Å². The zero-order valence-corrected chi connectivity index (χ0v) is 12.1. The number of esters is 1. The number of nitrogens with one attached hydrogen (secondary N) is 1. The van der Waals surface area contributed by atoms with Crippen molar-refractivity contribution < 1.29 is 9.53 Å². The molecule has 1 rings (SSSR count). The highest BCUT2D eigenvalue weighted by atomic mass is 16.5. The highest BCUT2D eigenvalue weighted by molar-refractivity contribution is 5.75. The Morgan fingerprint density at radius 1 is 1.56 bits per heavy atom. The quantitative estimate of drug-likeness (QED) is 0.658. The second-order valence-electron chi connectivity index (χ2n) is 5.19. The normalized spacial score (nSPS) is 22.4. The summed E-state index contributed by atoms with van der Waals surface area (Å²) in [5.74, 6) is -0.160. The van der Waals surface area contributed by atoms with Crippen molar-refractivity contribution in [1.82, 2.24) is 15.1 Å². The number of nitrogens with zero attached hydrogens (tertiary/aromatic N) is 2. The Morgan fingerprint density at radius 2 is 2.28 bits per heavy atom. The maximum atomic E-state index is 11.7. The van der Waals surface area contributed by atoms with Crippen LogP contribution in [0.2, 0.25) is 0 Å². The van der Waals surface area contributed by atoms with E-state index in [0.717, 1.165) is 26.2 Å². The van der Waals surface area contributed by atoms with Gasteiger partial charge in [-0.15, -0.1) is 0 Å². The van der Waals surface area contributed by atoms with Crippen molar-refractivity contribution in [2.24, 2.45) is 0 Å². The van der Waals surface area contributed by atoms with Gasteiger partial charge in [-0.1, -0.05) is 6.92 Å². The molecule has 0 radical (unpaired) electrons. The molecule has 5 heteroatoms. The van der Waals surface area contributed by atoms with Crippen molar-refractivity contribution in [3.63, 3.8) is 0 Å². The summed E-state index contributed by atoms with van der Waals surface area (Å²) in [6.45, 7) is 5.68. The van der Waals surface area contributed by atoms with E-state index in [1.165, 1.54) is 20.0 Å². The third-order valence-corrected chi connectivity index (χ3v) is 3.43. The van der Waals surface area contributed by atoms with Crippen LogP contribution in [-0.4, -0.2) is 75.2 Å².